The summed E-state index contributed by atoms with van der Waals surface area (Å²) in [5.74, 6) is 0.929. The summed E-state index contributed by atoms with van der Waals surface area (Å²) in [7, 11) is 0. The van der Waals surface area contributed by atoms with Gasteiger partial charge in [0.25, 0.3) is 0 Å². The van der Waals surface area contributed by atoms with Crippen LogP contribution in [0.1, 0.15) is 26.7 Å². The second kappa shape index (κ2) is 7.79. The maximum atomic E-state index is 12.0. The summed E-state index contributed by atoms with van der Waals surface area (Å²) in [5, 5.41) is 6.35. The highest BCUT2D eigenvalue weighted by atomic mass is 16.1. The van der Waals surface area contributed by atoms with Crippen LogP contribution < -0.4 is 10.6 Å². The number of hydrogen-bond donors (Lipinski definition) is 2. The van der Waals surface area contributed by atoms with Crippen molar-refractivity contribution in [3.63, 3.8) is 0 Å². The zero-order chi connectivity index (χ0) is 17.6. The Hall–Kier alpha value is -2.89. The molecule has 1 aromatic carbocycles. The normalized spacial score (nSPS) is 12.1. The van der Waals surface area contributed by atoms with Crippen molar-refractivity contribution in [2.45, 2.75) is 32.7 Å². The van der Waals surface area contributed by atoms with Crippen LogP contribution in [-0.2, 0) is 4.79 Å². The van der Waals surface area contributed by atoms with Gasteiger partial charge in [-0.1, -0.05) is 37.3 Å². The number of benzene rings is 1. The number of anilines is 1. The van der Waals surface area contributed by atoms with Crippen molar-refractivity contribution in [3.05, 3.63) is 48.9 Å². The van der Waals surface area contributed by atoms with E-state index >= 15 is 0 Å². The molecule has 25 heavy (non-hydrogen) atoms. The summed E-state index contributed by atoms with van der Waals surface area (Å²) in [6.07, 6.45) is 6.67. The van der Waals surface area contributed by atoms with Gasteiger partial charge in [0, 0.05) is 37.0 Å². The van der Waals surface area contributed by atoms with Crippen LogP contribution in [0.4, 0.5) is 5.82 Å². The fourth-order valence-electron chi connectivity index (χ4n) is 2.62. The summed E-state index contributed by atoms with van der Waals surface area (Å²) in [6, 6.07) is 10.2. The van der Waals surface area contributed by atoms with E-state index in [4.69, 9.17) is 0 Å². The van der Waals surface area contributed by atoms with Crippen LogP contribution in [0.25, 0.3) is 16.9 Å². The van der Waals surface area contributed by atoms with Gasteiger partial charge in [0.05, 0.1) is 6.20 Å². The largest absolute Gasteiger partial charge is 0.369 e. The van der Waals surface area contributed by atoms with E-state index in [0.29, 0.717) is 13.0 Å². The minimum Gasteiger partial charge on any atom is -0.369 e. The van der Waals surface area contributed by atoms with Crippen LogP contribution in [0, 0.1) is 0 Å². The Balaban J connectivity index is 1.79. The predicted molar refractivity (Wildman–Crippen MR) is 99.4 cm³/mol. The van der Waals surface area contributed by atoms with E-state index in [1.165, 1.54) is 0 Å². The molecule has 6 heteroatoms. The van der Waals surface area contributed by atoms with E-state index < -0.39 is 0 Å². The van der Waals surface area contributed by atoms with Crippen LogP contribution in [0.2, 0.25) is 0 Å². The average Bonchev–Trinajstić information content (AvgIpc) is 3.01. The topological polar surface area (TPSA) is 71.3 Å². The predicted octanol–water partition coefficient (Wildman–Crippen LogP) is 3.11. The van der Waals surface area contributed by atoms with Gasteiger partial charge < -0.3 is 10.6 Å². The standard InChI is InChI=1S/C19H23N5O/c1-3-14(2)22-17(25)9-10-21-19-18(15-7-5-4-6-8-15)23-16-13-20-11-12-24(16)19/h4-8,11-14,21H,3,9-10H2,1-2H3,(H,22,25)/t14-/m0/s1. The van der Waals surface area contributed by atoms with Gasteiger partial charge in [-0.15, -0.1) is 0 Å². The molecule has 1 amide bonds. The molecule has 0 aliphatic rings. The summed E-state index contributed by atoms with van der Waals surface area (Å²) >= 11 is 0. The lowest BCUT2D eigenvalue weighted by atomic mass is 10.1. The molecule has 2 N–H and O–H groups in total. The fraction of sp³-hybridized carbons (Fsp3) is 0.316. The number of nitrogens with one attached hydrogen (secondary N) is 2. The zero-order valence-electron chi connectivity index (χ0n) is 14.6. The summed E-state index contributed by atoms with van der Waals surface area (Å²) in [6.45, 7) is 4.61. The van der Waals surface area contributed by atoms with E-state index in [1.807, 2.05) is 47.9 Å². The highest BCUT2D eigenvalue weighted by Crippen LogP contribution is 2.28. The molecule has 0 saturated heterocycles. The number of imidazole rings is 1. The number of amides is 1. The minimum atomic E-state index is 0.0543. The monoisotopic (exact) mass is 337 g/mol. The highest BCUT2D eigenvalue weighted by molar-refractivity contribution is 5.78. The van der Waals surface area contributed by atoms with E-state index in [2.05, 4.69) is 27.5 Å². The highest BCUT2D eigenvalue weighted by Gasteiger charge is 2.14. The molecule has 0 spiro atoms. The SMILES string of the molecule is CC[C@H](C)NC(=O)CCNc1c(-c2ccccc2)nc2cnccn12. The Morgan fingerprint density at radius 3 is 2.84 bits per heavy atom. The molecule has 0 fully saturated rings. The quantitative estimate of drug-likeness (QED) is 0.695. The van der Waals surface area contributed by atoms with Crippen LogP contribution >= 0.6 is 0 Å². The molecule has 0 aliphatic heterocycles. The summed E-state index contributed by atoms with van der Waals surface area (Å²) in [4.78, 5) is 20.8. The van der Waals surface area contributed by atoms with Crippen LogP contribution in [-0.4, -0.2) is 32.9 Å². The first-order valence-electron chi connectivity index (χ1n) is 8.59. The average molecular weight is 337 g/mol. The number of rotatable bonds is 7. The van der Waals surface area contributed by atoms with Crippen molar-refractivity contribution in [3.8, 4) is 11.3 Å². The van der Waals surface area contributed by atoms with E-state index in [9.17, 15) is 4.79 Å². The molecule has 0 saturated carbocycles. The van der Waals surface area contributed by atoms with Crippen molar-refractivity contribution in [1.82, 2.24) is 19.7 Å². The zero-order valence-corrected chi connectivity index (χ0v) is 14.6. The molecular weight excluding hydrogens is 314 g/mol. The van der Waals surface area contributed by atoms with E-state index in [1.54, 1.807) is 12.4 Å². The van der Waals surface area contributed by atoms with Gasteiger partial charge in [-0.25, -0.2) is 4.98 Å². The van der Waals surface area contributed by atoms with Gasteiger partial charge in [-0.3, -0.25) is 14.2 Å². The number of carbonyl (C=O) groups excluding carboxylic acids is 1. The van der Waals surface area contributed by atoms with Crippen molar-refractivity contribution in [2.75, 3.05) is 11.9 Å². The van der Waals surface area contributed by atoms with Crippen molar-refractivity contribution < 1.29 is 4.79 Å². The molecule has 1 atom stereocenters. The van der Waals surface area contributed by atoms with Crippen LogP contribution in [0.5, 0.6) is 0 Å². The number of carbonyl (C=O) groups is 1. The number of fused-ring (bicyclic) bond motifs is 1. The third-order valence-corrected chi connectivity index (χ3v) is 4.14. The van der Waals surface area contributed by atoms with Gasteiger partial charge in [-0.2, -0.15) is 0 Å². The smallest absolute Gasteiger partial charge is 0.221 e. The first kappa shape index (κ1) is 17.0. The molecule has 0 unspecified atom stereocenters. The van der Waals surface area contributed by atoms with Crippen molar-refractivity contribution >= 4 is 17.4 Å². The Labute approximate surface area is 147 Å². The second-order valence-corrected chi connectivity index (χ2v) is 6.03. The lowest BCUT2D eigenvalue weighted by Gasteiger charge is -2.12. The van der Waals surface area contributed by atoms with Gasteiger partial charge in [0.1, 0.15) is 11.5 Å². The maximum absolute atomic E-state index is 12.0. The molecule has 0 aliphatic carbocycles. The molecule has 2 aromatic heterocycles. The molecule has 3 aromatic rings. The lowest BCUT2D eigenvalue weighted by Crippen LogP contribution is -2.33. The van der Waals surface area contributed by atoms with Gasteiger partial charge in [0.15, 0.2) is 5.65 Å². The van der Waals surface area contributed by atoms with Crippen LogP contribution in [0.3, 0.4) is 0 Å². The summed E-state index contributed by atoms with van der Waals surface area (Å²) in [5.41, 5.74) is 2.65. The number of hydrogen-bond acceptors (Lipinski definition) is 4. The maximum Gasteiger partial charge on any atom is 0.221 e. The van der Waals surface area contributed by atoms with Crippen molar-refractivity contribution in [2.24, 2.45) is 0 Å². The van der Waals surface area contributed by atoms with Gasteiger partial charge in [0.2, 0.25) is 5.91 Å². The summed E-state index contributed by atoms with van der Waals surface area (Å²) < 4.78 is 1.96. The molecule has 0 bridgehead atoms. The van der Waals surface area contributed by atoms with Gasteiger partial charge >= 0.3 is 0 Å². The molecule has 2 heterocycles. The van der Waals surface area contributed by atoms with E-state index in [-0.39, 0.29) is 11.9 Å². The lowest BCUT2D eigenvalue weighted by molar-refractivity contribution is -0.121. The second-order valence-electron chi connectivity index (χ2n) is 6.03. The first-order valence-corrected chi connectivity index (χ1v) is 8.59. The molecule has 6 nitrogen and oxygen atoms in total. The van der Waals surface area contributed by atoms with Gasteiger partial charge in [-0.05, 0) is 13.3 Å². The molecule has 130 valence electrons. The molecular formula is C19H23N5O. The van der Waals surface area contributed by atoms with Crippen LogP contribution in [0.15, 0.2) is 48.9 Å². The Morgan fingerprint density at radius 2 is 2.08 bits per heavy atom. The minimum absolute atomic E-state index is 0.0543. The number of nitrogens with zero attached hydrogens (tertiary/aromatic N) is 3. The molecule has 3 rings (SSSR count). The third-order valence-electron chi connectivity index (χ3n) is 4.14. The Morgan fingerprint density at radius 1 is 1.28 bits per heavy atom. The third kappa shape index (κ3) is 3.96. The first-order chi connectivity index (χ1) is 12.2. The fourth-order valence-corrected chi connectivity index (χ4v) is 2.62. The molecule has 0 radical (unpaired) electrons. The van der Waals surface area contributed by atoms with E-state index in [0.717, 1.165) is 29.1 Å². The number of aromatic nitrogens is 3. The Bertz CT molecular complexity index is 843. The Kier molecular flexibility index (Phi) is 5.28. The van der Waals surface area contributed by atoms with Crippen molar-refractivity contribution in [1.29, 1.82) is 0 Å².